The van der Waals surface area contributed by atoms with Crippen LogP contribution in [0.1, 0.15) is 252 Å². The Morgan fingerprint density at radius 1 is 0.304 bits per heavy atom. The van der Waals surface area contributed by atoms with Crippen molar-refractivity contribution in [2.45, 2.75) is 258 Å². The van der Waals surface area contributed by atoms with Gasteiger partial charge in [-0.2, -0.15) is 0 Å². The van der Waals surface area contributed by atoms with Crippen LogP contribution in [-0.2, 0) is 28.6 Å². The molecule has 0 saturated carbocycles. The zero-order chi connectivity index (χ0) is 50.0. The van der Waals surface area contributed by atoms with E-state index in [0.29, 0.717) is 19.3 Å². The van der Waals surface area contributed by atoms with Gasteiger partial charge in [-0.15, -0.1) is 0 Å². The fourth-order valence-electron chi connectivity index (χ4n) is 7.51. The van der Waals surface area contributed by atoms with Crippen LogP contribution in [0, 0.1) is 0 Å². The number of carbonyl (C=O) groups excluding carboxylic acids is 3. The Morgan fingerprint density at radius 2 is 0.565 bits per heavy atom. The molecule has 0 amide bonds. The largest absolute Gasteiger partial charge is 0.462 e. The summed E-state index contributed by atoms with van der Waals surface area (Å²) in [6.07, 6.45) is 76.9. The molecule has 0 fully saturated rings. The predicted molar refractivity (Wildman–Crippen MR) is 297 cm³/mol. The Hall–Kier alpha value is -3.93. The van der Waals surface area contributed by atoms with E-state index in [2.05, 4.69) is 130 Å². The fraction of sp³-hybridized carbons (Fsp3) is 0.667. The third kappa shape index (κ3) is 54.9. The van der Waals surface area contributed by atoms with Gasteiger partial charge in [0.05, 0.1) is 0 Å². The molecule has 1 atom stereocenters. The highest BCUT2D eigenvalue weighted by molar-refractivity contribution is 5.71. The zero-order valence-electron chi connectivity index (χ0n) is 44.8. The number of allylic oxidation sites excluding steroid dienone is 18. The third-order valence-electron chi connectivity index (χ3n) is 11.8. The smallest absolute Gasteiger partial charge is 0.306 e. The van der Waals surface area contributed by atoms with E-state index in [0.717, 1.165) is 148 Å². The van der Waals surface area contributed by atoms with Gasteiger partial charge in [0.1, 0.15) is 13.2 Å². The second-order valence-corrected chi connectivity index (χ2v) is 18.5. The van der Waals surface area contributed by atoms with E-state index in [1.165, 1.54) is 64.2 Å². The average Bonchev–Trinajstić information content (AvgIpc) is 3.35. The maximum atomic E-state index is 12.8. The number of unbranched alkanes of at least 4 members (excludes halogenated alkanes) is 21. The number of esters is 3. The topological polar surface area (TPSA) is 78.9 Å². The van der Waals surface area contributed by atoms with Crippen molar-refractivity contribution >= 4 is 17.9 Å². The standard InChI is InChI=1S/C63H104O6/c1-4-7-10-13-15-17-19-21-23-25-27-29-30-31-32-34-35-37-39-41-43-45-47-50-53-56-62(65)68-59-60(58-67-61(64)55-52-49-12-9-6-3)69-63(66)57-54-51-48-46-44-42-40-38-36-33-28-26-24-22-20-18-16-14-11-8-5-2/h7,10,15,17,20-23,26-29,31-32,35-38,60H,4-6,8-9,11-14,16,18-19,24-25,30,33-34,39-59H2,1-3H3/b10-7-,17-15-,22-20-,23-21-,28-26-,29-27-,32-31-,37-35-,38-36-. The lowest BCUT2D eigenvalue weighted by molar-refractivity contribution is -0.167. The van der Waals surface area contributed by atoms with Crippen LogP contribution in [0.25, 0.3) is 0 Å². The van der Waals surface area contributed by atoms with Crippen LogP contribution in [0.2, 0.25) is 0 Å². The molecule has 0 aliphatic carbocycles. The molecule has 0 spiro atoms. The molecule has 0 aliphatic heterocycles. The molecule has 6 nitrogen and oxygen atoms in total. The van der Waals surface area contributed by atoms with E-state index in [1.807, 2.05) is 0 Å². The summed E-state index contributed by atoms with van der Waals surface area (Å²) < 4.78 is 16.7. The summed E-state index contributed by atoms with van der Waals surface area (Å²) >= 11 is 0. The normalized spacial score (nSPS) is 12.9. The minimum Gasteiger partial charge on any atom is -0.462 e. The molecule has 0 rings (SSSR count). The molecular weight excluding hydrogens is 853 g/mol. The molecule has 0 aromatic rings. The van der Waals surface area contributed by atoms with Gasteiger partial charge in [-0.25, -0.2) is 0 Å². The van der Waals surface area contributed by atoms with Gasteiger partial charge in [0, 0.05) is 19.3 Å². The molecule has 0 N–H and O–H groups in total. The van der Waals surface area contributed by atoms with Crippen LogP contribution in [-0.4, -0.2) is 37.2 Å². The lowest BCUT2D eigenvalue weighted by Crippen LogP contribution is -2.30. The summed E-state index contributed by atoms with van der Waals surface area (Å²) in [7, 11) is 0. The average molecular weight is 958 g/mol. The highest BCUT2D eigenvalue weighted by Gasteiger charge is 2.19. The molecule has 69 heavy (non-hydrogen) atoms. The van der Waals surface area contributed by atoms with Crippen LogP contribution in [0.5, 0.6) is 0 Å². The van der Waals surface area contributed by atoms with Crippen molar-refractivity contribution in [1.82, 2.24) is 0 Å². The second kappa shape index (κ2) is 56.7. The summed E-state index contributed by atoms with van der Waals surface area (Å²) in [5, 5.41) is 0. The third-order valence-corrected chi connectivity index (χ3v) is 11.8. The Balaban J connectivity index is 4.20. The molecule has 392 valence electrons. The predicted octanol–water partition coefficient (Wildman–Crippen LogP) is 19.1. The molecule has 0 radical (unpaired) electrons. The lowest BCUT2D eigenvalue weighted by Gasteiger charge is -2.18. The van der Waals surface area contributed by atoms with Crippen molar-refractivity contribution < 1.29 is 28.6 Å². The first kappa shape index (κ1) is 65.1. The quantitative estimate of drug-likeness (QED) is 0.0262. The first-order valence-electron chi connectivity index (χ1n) is 28.4. The number of carbonyl (C=O) groups is 3. The van der Waals surface area contributed by atoms with Crippen molar-refractivity contribution in [1.29, 1.82) is 0 Å². The summed E-state index contributed by atoms with van der Waals surface area (Å²) in [5.74, 6) is -0.934. The Morgan fingerprint density at radius 3 is 0.884 bits per heavy atom. The number of hydrogen-bond donors (Lipinski definition) is 0. The van der Waals surface area contributed by atoms with Gasteiger partial charge >= 0.3 is 17.9 Å². The van der Waals surface area contributed by atoms with Crippen LogP contribution in [0.15, 0.2) is 109 Å². The molecule has 0 heterocycles. The first-order valence-corrected chi connectivity index (χ1v) is 28.4. The molecule has 0 saturated heterocycles. The molecule has 1 unspecified atom stereocenters. The SMILES string of the molecule is CC/C=C\C/C=C\C/C=C\C/C=C\C/C=C\C/C=C\CCCCCCCCC(=O)OCC(COC(=O)CCCCCCC)OC(=O)CCCCCCCC/C=C\C/C=C\C/C=C\CCCCCCC. The number of rotatable bonds is 50. The summed E-state index contributed by atoms with van der Waals surface area (Å²) in [4.78, 5) is 37.8. The van der Waals surface area contributed by atoms with Gasteiger partial charge in [-0.1, -0.05) is 233 Å². The maximum Gasteiger partial charge on any atom is 0.306 e. The summed E-state index contributed by atoms with van der Waals surface area (Å²) in [6, 6.07) is 0. The van der Waals surface area contributed by atoms with Crippen LogP contribution in [0.3, 0.4) is 0 Å². The van der Waals surface area contributed by atoms with Gasteiger partial charge in [0.2, 0.25) is 0 Å². The Bertz CT molecular complexity index is 1420. The van der Waals surface area contributed by atoms with Crippen molar-refractivity contribution in [2.75, 3.05) is 13.2 Å². The van der Waals surface area contributed by atoms with Gasteiger partial charge in [0.25, 0.3) is 0 Å². The number of hydrogen-bond acceptors (Lipinski definition) is 6. The monoisotopic (exact) mass is 957 g/mol. The number of ether oxygens (including phenoxy) is 3. The van der Waals surface area contributed by atoms with Crippen molar-refractivity contribution in [3.8, 4) is 0 Å². The van der Waals surface area contributed by atoms with Gasteiger partial charge in [-0.05, 0) is 109 Å². The van der Waals surface area contributed by atoms with Crippen molar-refractivity contribution in [2.24, 2.45) is 0 Å². The fourth-order valence-corrected chi connectivity index (χ4v) is 7.51. The van der Waals surface area contributed by atoms with E-state index in [9.17, 15) is 14.4 Å². The summed E-state index contributed by atoms with van der Waals surface area (Å²) in [6.45, 7) is 6.40. The van der Waals surface area contributed by atoms with E-state index in [4.69, 9.17) is 14.2 Å². The van der Waals surface area contributed by atoms with E-state index in [-0.39, 0.29) is 31.1 Å². The molecule has 0 aromatic carbocycles. The van der Waals surface area contributed by atoms with Crippen molar-refractivity contribution in [3.05, 3.63) is 109 Å². The highest BCUT2D eigenvalue weighted by Crippen LogP contribution is 2.14. The highest BCUT2D eigenvalue weighted by atomic mass is 16.6. The molecule has 0 aromatic heterocycles. The molecule has 0 aliphatic rings. The van der Waals surface area contributed by atoms with Crippen LogP contribution < -0.4 is 0 Å². The zero-order valence-corrected chi connectivity index (χ0v) is 44.8. The molecular formula is C63H104O6. The van der Waals surface area contributed by atoms with Gasteiger partial charge in [-0.3, -0.25) is 14.4 Å². The minimum absolute atomic E-state index is 0.0905. The molecule has 6 heteroatoms. The van der Waals surface area contributed by atoms with E-state index >= 15 is 0 Å². The minimum atomic E-state index is -0.790. The Kier molecular flexibility index (Phi) is 53.4. The summed E-state index contributed by atoms with van der Waals surface area (Å²) in [5.41, 5.74) is 0. The van der Waals surface area contributed by atoms with E-state index in [1.54, 1.807) is 0 Å². The van der Waals surface area contributed by atoms with Crippen LogP contribution >= 0.6 is 0 Å². The lowest BCUT2D eigenvalue weighted by atomic mass is 10.1. The molecule has 0 bridgehead atoms. The first-order chi connectivity index (χ1) is 34.0. The Labute approximate surface area is 425 Å². The van der Waals surface area contributed by atoms with Gasteiger partial charge < -0.3 is 14.2 Å². The maximum absolute atomic E-state index is 12.8. The van der Waals surface area contributed by atoms with E-state index < -0.39 is 6.10 Å². The van der Waals surface area contributed by atoms with Crippen molar-refractivity contribution in [3.63, 3.8) is 0 Å². The van der Waals surface area contributed by atoms with Crippen LogP contribution in [0.4, 0.5) is 0 Å². The second-order valence-electron chi connectivity index (χ2n) is 18.5. The van der Waals surface area contributed by atoms with Gasteiger partial charge in [0.15, 0.2) is 6.10 Å².